The number of ether oxygens (including phenoxy) is 6. The van der Waals surface area contributed by atoms with Crippen LogP contribution in [0.1, 0.15) is 309 Å². The van der Waals surface area contributed by atoms with Gasteiger partial charge in [-0.05, 0) is 390 Å². The molecular weight excluding hydrogens is 1680 g/mol. The Bertz CT molecular complexity index is 4190. The molecule has 0 atom stereocenters. The molecule has 5 saturated heterocycles. The highest BCUT2D eigenvalue weighted by Gasteiger charge is 2.29. The highest BCUT2D eigenvalue weighted by atomic mass is 32.2. The number of benzene rings is 6. The van der Waals surface area contributed by atoms with Gasteiger partial charge in [-0.1, -0.05) is 218 Å². The molecule has 0 unspecified atom stereocenters. The summed E-state index contributed by atoms with van der Waals surface area (Å²) in [6.07, 6.45) is 27.2. The van der Waals surface area contributed by atoms with Gasteiger partial charge in [-0.3, -0.25) is 0 Å². The van der Waals surface area contributed by atoms with E-state index in [1.807, 2.05) is 37.8 Å². The van der Waals surface area contributed by atoms with E-state index in [0.29, 0.717) is 39.0 Å². The predicted molar refractivity (Wildman–Crippen MR) is 567 cm³/mol. The molecule has 5 aliphatic heterocycles. The Hall–Kier alpha value is -6.70. The van der Waals surface area contributed by atoms with Crippen molar-refractivity contribution in [3.05, 3.63) is 179 Å². The highest BCUT2D eigenvalue weighted by molar-refractivity contribution is 7.89. The molecule has 6 aromatic carbocycles. The number of piperazine rings is 1. The van der Waals surface area contributed by atoms with Crippen LogP contribution in [0.5, 0.6) is 28.7 Å². The molecule has 5 heterocycles. The van der Waals surface area contributed by atoms with Gasteiger partial charge in [0, 0.05) is 52.4 Å². The summed E-state index contributed by atoms with van der Waals surface area (Å²) in [7, 11) is -1.11. The molecule has 5 aliphatic rings. The second-order valence-corrected chi connectivity index (χ2v) is 49.2. The maximum Gasteiger partial charge on any atom is 0.410 e. The fourth-order valence-corrected chi connectivity index (χ4v) is 19.5. The van der Waals surface area contributed by atoms with Gasteiger partial charge in [-0.2, -0.15) is 0 Å². The molecule has 0 spiro atoms. The zero-order chi connectivity index (χ0) is 98.4. The molecule has 0 radical (unpaired) electrons. The van der Waals surface area contributed by atoms with E-state index in [1.165, 1.54) is 183 Å². The Kier molecular flexibility index (Phi) is 51.1. The third-order valence-electron chi connectivity index (χ3n) is 25.1. The third-order valence-corrected chi connectivity index (χ3v) is 26.6. The van der Waals surface area contributed by atoms with Gasteiger partial charge < -0.3 is 58.2 Å². The molecule has 6 aromatic rings. The Balaban J connectivity index is 0.000000248. The molecule has 2 N–H and O–H groups in total. The molecular formula is C117H193N7O9S. The van der Waals surface area contributed by atoms with Gasteiger partial charge >= 0.3 is 6.09 Å². The van der Waals surface area contributed by atoms with E-state index >= 15 is 0 Å². The largest absolute Gasteiger partial charge is 0.494 e. The number of piperidine rings is 4. The zero-order valence-corrected chi connectivity index (χ0v) is 90.4. The van der Waals surface area contributed by atoms with Crippen molar-refractivity contribution in [2.75, 3.05) is 145 Å². The second-order valence-electron chi connectivity index (χ2n) is 47.5. The van der Waals surface area contributed by atoms with Gasteiger partial charge in [0.2, 0.25) is 10.0 Å². The van der Waals surface area contributed by atoms with Crippen LogP contribution in [0.3, 0.4) is 0 Å². The van der Waals surface area contributed by atoms with Crippen molar-refractivity contribution in [1.82, 2.24) is 34.5 Å². The van der Waals surface area contributed by atoms with Crippen molar-refractivity contribution in [2.45, 2.75) is 324 Å². The van der Waals surface area contributed by atoms with Crippen LogP contribution >= 0.6 is 0 Å². The Morgan fingerprint density at radius 3 is 0.933 bits per heavy atom. The van der Waals surface area contributed by atoms with Crippen molar-refractivity contribution in [2.24, 2.45) is 56.2 Å². The SMILES string of the molecule is CC(C)(C)Cc1cccc(OCCCC2CCN(C(=O)OC(C)(C)C)CC2)c1.CC(C)(C)Cc1cccc(OCCCC2CCNCC2)c1.CCN1CCC(CCCOc2cccc(CC(C)(C)C)c2)CC1.CCN1CCN(CCCOc2cccc(CC(C)(C)C)c2)CC1.CCNS(=O)(=O)c1cccc(CC(C)(C)C)c1.CN1CCC(CCCOc2cccc(CC(C)(C)C)c2)CC1. The lowest BCUT2D eigenvalue weighted by Crippen LogP contribution is -2.46. The Morgan fingerprint density at radius 2 is 0.627 bits per heavy atom. The van der Waals surface area contributed by atoms with Gasteiger partial charge in [-0.15, -0.1) is 0 Å². The molecule has 1 amide bonds. The van der Waals surface area contributed by atoms with Crippen LogP contribution in [0.25, 0.3) is 0 Å². The minimum Gasteiger partial charge on any atom is -0.494 e. The molecule has 756 valence electrons. The van der Waals surface area contributed by atoms with Crippen LogP contribution in [-0.4, -0.2) is 189 Å². The van der Waals surface area contributed by atoms with Gasteiger partial charge in [0.15, 0.2) is 0 Å². The number of likely N-dealkylation sites (N-methyl/N-ethyl adjacent to an activating group) is 1. The first kappa shape index (κ1) is 116. The predicted octanol–water partition coefficient (Wildman–Crippen LogP) is 26.7. The first-order chi connectivity index (χ1) is 63.1. The summed E-state index contributed by atoms with van der Waals surface area (Å²) in [5, 5.41) is 3.42. The molecule has 11 rings (SSSR count). The maximum absolute atomic E-state index is 12.1. The number of nitrogens with one attached hydrogen (secondary N) is 2. The summed E-state index contributed by atoms with van der Waals surface area (Å²) >= 11 is 0. The average molecular weight is 1870 g/mol. The monoisotopic (exact) mass is 1870 g/mol. The second kappa shape index (κ2) is 59.0. The van der Waals surface area contributed by atoms with Crippen LogP contribution in [0, 0.1) is 56.2 Å². The Labute approximate surface area is 820 Å². The van der Waals surface area contributed by atoms with Gasteiger partial charge in [0.05, 0.1) is 37.9 Å². The number of hydrogen-bond donors (Lipinski definition) is 2. The number of sulfonamides is 1. The van der Waals surface area contributed by atoms with Crippen molar-refractivity contribution < 1.29 is 41.6 Å². The first-order valence-corrected chi connectivity index (χ1v) is 53.8. The summed E-state index contributed by atoms with van der Waals surface area (Å²) < 4.78 is 61.5. The van der Waals surface area contributed by atoms with Gasteiger partial charge in [-0.25, -0.2) is 17.9 Å². The summed E-state index contributed by atoms with van der Waals surface area (Å²) in [5.74, 6) is 8.49. The number of likely N-dealkylation sites (tertiary alicyclic amines) is 3. The van der Waals surface area contributed by atoms with Crippen LogP contribution in [0.15, 0.2) is 150 Å². The van der Waals surface area contributed by atoms with E-state index in [9.17, 15) is 13.2 Å². The van der Waals surface area contributed by atoms with Crippen LogP contribution in [-0.2, 0) is 53.3 Å². The fourth-order valence-electron chi connectivity index (χ4n) is 18.4. The quantitative estimate of drug-likeness (QED) is 0.0360. The molecule has 16 nitrogen and oxygen atoms in total. The molecule has 134 heavy (non-hydrogen) atoms. The lowest BCUT2D eigenvalue weighted by molar-refractivity contribution is 0.0179. The topological polar surface area (TPSA) is 147 Å². The van der Waals surface area contributed by atoms with E-state index in [1.54, 1.807) is 25.1 Å². The van der Waals surface area contributed by atoms with E-state index in [-0.39, 0.29) is 16.9 Å². The van der Waals surface area contributed by atoms with E-state index < -0.39 is 15.6 Å². The summed E-state index contributed by atoms with van der Waals surface area (Å²) in [4.78, 5) is 24.4. The standard InChI is InChI=1S/C24H39NO3.C21H35NO.C20H34N2O.C20H33NO.C19H31NO.C13H21NO2S/c1-23(2,3)18-20-9-7-11-21(17-20)27-16-8-10-19-12-14-25(15-13-19)22(26)28-24(4,5)6;1-5-22-13-11-18(12-14-22)9-7-15-23-20-10-6-8-19(16-20)17-21(2,3)4;1-5-21-11-13-22(14-12-21)10-7-15-23-19-9-6-8-18(16-19)17-20(2,3)4;1-20(2,3)16-18-7-5-9-19(15-18)22-14-6-8-17-10-12-21(4)13-11-17;1-19(2,3)15-17-6-4-8-18(14-17)21-13-5-7-16-9-11-20-12-10-16;1-5-14-17(15,16)12-8-6-7-11(9-12)10-13(2,3)4/h7,9,11,17,19H,8,10,12-16,18H2,1-6H3;6,8,10,16,18H,5,7,9,11-15,17H2,1-4H3;6,8-9,16H,5,7,10-15,17H2,1-4H3;5,7,9,15,17H,6,8,10-14,16H2,1-4H3;4,6,8,14,16,20H,5,7,9-13,15H2,1-3H3;6-9,14H,5,10H2,1-4H3. The van der Waals surface area contributed by atoms with Crippen LogP contribution < -0.4 is 33.7 Å². The van der Waals surface area contributed by atoms with Gasteiger partial charge in [0.1, 0.15) is 34.3 Å². The Morgan fingerprint density at radius 1 is 0.351 bits per heavy atom. The molecule has 0 aromatic heterocycles. The van der Waals surface area contributed by atoms with Gasteiger partial charge in [0.25, 0.3) is 0 Å². The number of rotatable bonds is 36. The molecule has 0 bridgehead atoms. The molecule has 5 fully saturated rings. The minimum absolute atomic E-state index is 0.153. The van der Waals surface area contributed by atoms with Crippen molar-refractivity contribution in [1.29, 1.82) is 0 Å². The average Bonchev–Trinajstić information content (AvgIpc) is 0.826. The lowest BCUT2D eigenvalue weighted by Gasteiger charge is -2.33. The number of carbonyl (C=O) groups excluding carboxylic acids is 1. The summed E-state index contributed by atoms with van der Waals surface area (Å²) in [5.41, 5.74) is 9.19. The van der Waals surface area contributed by atoms with E-state index in [0.717, 1.165) is 175 Å². The molecule has 17 heteroatoms. The van der Waals surface area contributed by atoms with E-state index in [2.05, 4.69) is 290 Å². The van der Waals surface area contributed by atoms with E-state index in [4.69, 9.17) is 28.4 Å². The number of hydrogen-bond acceptors (Lipinski definition) is 14. The van der Waals surface area contributed by atoms with Crippen molar-refractivity contribution in [3.63, 3.8) is 0 Å². The first-order valence-electron chi connectivity index (χ1n) is 52.4. The summed E-state index contributed by atoms with van der Waals surface area (Å²) in [6, 6.07) is 50.1. The number of nitrogens with zero attached hydrogens (tertiary/aromatic N) is 5. The van der Waals surface area contributed by atoms with Crippen LogP contribution in [0.4, 0.5) is 4.79 Å². The fraction of sp³-hybridized carbons (Fsp3) is 0.684. The van der Waals surface area contributed by atoms with Crippen molar-refractivity contribution >= 4 is 16.1 Å². The minimum atomic E-state index is -3.34. The highest BCUT2D eigenvalue weighted by Crippen LogP contribution is 2.33. The normalized spacial score (nSPS) is 16.5. The third kappa shape index (κ3) is 54.0. The smallest absolute Gasteiger partial charge is 0.410 e. The number of carbonyl (C=O) groups is 1. The molecule has 0 aliphatic carbocycles. The molecule has 0 saturated carbocycles. The zero-order valence-electron chi connectivity index (χ0n) is 89.6. The van der Waals surface area contributed by atoms with Crippen molar-refractivity contribution in [3.8, 4) is 28.7 Å². The van der Waals surface area contributed by atoms with Crippen LogP contribution in [0.2, 0.25) is 0 Å². The number of amides is 1. The lowest BCUT2D eigenvalue weighted by atomic mass is 9.88. The maximum atomic E-state index is 12.1. The summed E-state index contributed by atoms with van der Waals surface area (Å²) in [6.45, 7) is 74.6.